The molecule has 0 saturated carbocycles. The van der Waals surface area contributed by atoms with E-state index in [0.717, 1.165) is 15.6 Å². The highest BCUT2D eigenvalue weighted by Gasteiger charge is 2.45. The average molecular weight is 460 g/mol. The molecule has 1 fully saturated rings. The van der Waals surface area contributed by atoms with Gasteiger partial charge in [-0.15, -0.1) is 0 Å². The van der Waals surface area contributed by atoms with Crippen molar-refractivity contribution in [1.29, 1.82) is 0 Å². The lowest BCUT2D eigenvalue weighted by molar-refractivity contribution is -0.140. The van der Waals surface area contributed by atoms with Gasteiger partial charge in [-0.3, -0.25) is 9.59 Å². The van der Waals surface area contributed by atoms with Gasteiger partial charge in [-0.1, -0.05) is 57.9 Å². The molecule has 1 saturated heterocycles. The van der Waals surface area contributed by atoms with Crippen LogP contribution in [0.25, 0.3) is 5.76 Å². The second kappa shape index (κ2) is 9.35. The lowest BCUT2D eigenvalue weighted by Gasteiger charge is -2.25. The number of Topliss-reactive ketones (excluding diaryl/α,β-unsaturated/α-hetero) is 1. The predicted octanol–water partition coefficient (Wildman–Crippen LogP) is 3.19. The molecule has 0 radical (unpaired) electrons. The number of rotatable bonds is 7. The Hall–Kier alpha value is -2.48. The van der Waals surface area contributed by atoms with Crippen molar-refractivity contribution in [3.05, 3.63) is 75.3 Å². The highest BCUT2D eigenvalue weighted by Crippen LogP contribution is 2.39. The van der Waals surface area contributed by atoms with E-state index in [2.05, 4.69) is 15.9 Å². The van der Waals surface area contributed by atoms with Gasteiger partial charge in [-0.25, -0.2) is 0 Å². The number of carbonyl (C=O) groups is 2. The van der Waals surface area contributed by atoms with Crippen molar-refractivity contribution in [2.75, 3.05) is 26.4 Å². The first-order chi connectivity index (χ1) is 13.9. The van der Waals surface area contributed by atoms with Crippen molar-refractivity contribution >= 4 is 33.4 Å². The number of halogens is 1. The van der Waals surface area contributed by atoms with Crippen LogP contribution < -0.4 is 0 Å². The van der Waals surface area contributed by atoms with E-state index in [4.69, 9.17) is 9.84 Å². The number of nitrogens with zero attached hydrogens (tertiary/aromatic N) is 1. The third kappa shape index (κ3) is 4.58. The predicted molar refractivity (Wildman–Crippen MR) is 112 cm³/mol. The first-order valence-electron chi connectivity index (χ1n) is 9.23. The molecule has 0 spiro atoms. The fourth-order valence-electron chi connectivity index (χ4n) is 3.30. The van der Waals surface area contributed by atoms with Gasteiger partial charge < -0.3 is 19.8 Å². The smallest absolute Gasteiger partial charge is 0.295 e. The molecular formula is C22H22BrNO5. The van der Waals surface area contributed by atoms with Gasteiger partial charge in [-0.05, 0) is 24.6 Å². The monoisotopic (exact) mass is 459 g/mol. The summed E-state index contributed by atoms with van der Waals surface area (Å²) in [6, 6.07) is 13.7. The zero-order valence-electron chi connectivity index (χ0n) is 16.0. The second-order valence-corrected chi connectivity index (χ2v) is 7.66. The van der Waals surface area contributed by atoms with Crippen molar-refractivity contribution in [1.82, 2.24) is 4.90 Å². The van der Waals surface area contributed by atoms with Crippen LogP contribution in [-0.4, -0.2) is 53.2 Å². The van der Waals surface area contributed by atoms with Crippen LogP contribution in [0, 0.1) is 6.92 Å². The summed E-state index contributed by atoms with van der Waals surface area (Å²) in [7, 11) is 0. The van der Waals surface area contributed by atoms with Crippen LogP contribution in [0.3, 0.4) is 0 Å². The molecule has 0 aromatic heterocycles. The topological polar surface area (TPSA) is 87.1 Å². The summed E-state index contributed by atoms with van der Waals surface area (Å²) in [6.07, 6.45) is 0. The maximum atomic E-state index is 12.8. The number of amides is 1. The molecule has 3 rings (SSSR count). The van der Waals surface area contributed by atoms with Crippen LogP contribution in [0.5, 0.6) is 0 Å². The van der Waals surface area contributed by atoms with E-state index in [9.17, 15) is 14.7 Å². The van der Waals surface area contributed by atoms with E-state index >= 15 is 0 Å². The SMILES string of the molecule is Cc1ccc(C2C(=C(O)c3ccc(Br)cc3)C(=O)C(=O)N2CCOCCO)cc1. The summed E-state index contributed by atoms with van der Waals surface area (Å²) in [4.78, 5) is 27.0. The molecule has 1 amide bonds. The summed E-state index contributed by atoms with van der Waals surface area (Å²) >= 11 is 3.35. The van der Waals surface area contributed by atoms with Crippen molar-refractivity contribution in [3.8, 4) is 0 Å². The van der Waals surface area contributed by atoms with Gasteiger partial charge >= 0.3 is 0 Å². The number of carbonyl (C=O) groups excluding carboxylic acids is 2. The van der Waals surface area contributed by atoms with Crippen LogP contribution in [-0.2, 0) is 14.3 Å². The number of benzene rings is 2. The lowest BCUT2D eigenvalue weighted by Crippen LogP contribution is -2.33. The quantitative estimate of drug-likeness (QED) is 0.287. The minimum absolute atomic E-state index is 0.0586. The van der Waals surface area contributed by atoms with Crippen LogP contribution >= 0.6 is 15.9 Å². The van der Waals surface area contributed by atoms with Crippen molar-refractivity contribution in [2.24, 2.45) is 0 Å². The largest absolute Gasteiger partial charge is 0.507 e. The molecule has 1 atom stereocenters. The highest BCUT2D eigenvalue weighted by atomic mass is 79.9. The summed E-state index contributed by atoms with van der Waals surface area (Å²) in [6.45, 7) is 2.32. The molecule has 7 heteroatoms. The van der Waals surface area contributed by atoms with E-state index in [1.807, 2.05) is 31.2 Å². The minimum Gasteiger partial charge on any atom is -0.507 e. The third-order valence-electron chi connectivity index (χ3n) is 4.76. The van der Waals surface area contributed by atoms with E-state index in [0.29, 0.717) is 5.56 Å². The van der Waals surface area contributed by atoms with Crippen molar-refractivity contribution in [2.45, 2.75) is 13.0 Å². The molecule has 152 valence electrons. The number of hydrogen-bond donors (Lipinski definition) is 2. The van der Waals surface area contributed by atoms with E-state index in [1.165, 1.54) is 4.90 Å². The Labute approximate surface area is 177 Å². The molecule has 1 unspecified atom stereocenters. The maximum absolute atomic E-state index is 12.8. The molecule has 0 bridgehead atoms. The van der Waals surface area contributed by atoms with Crippen LogP contribution in [0.2, 0.25) is 0 Å². The Balaban J connectivity index is 2.05. The molecule has 29 heavy (non-hydrogen) atoms. The molecule has 6 nitrogen and oxygen atoms in total. The summed E-state index contributed by atoms with van der Waals surface area (Å²) in [5.41, 5.74) is 2.30. The number of aliphatic hydroxyl groups is 2. The fourth-order valence-corrected chi connectivity index (χ4v) is 3.56. The number of ketones is 1. The first-order valence-corrected chi connectivity index (χ1v) is 10.0. The van der Waals surface area contributed by atoms with E-state index < -0.39 is 17.7 Å². The molecule has 2 aromatic carbocycles. The number of likely N-dealkylation sites (tertiary alicyclic amines) is 1. The lowest BCUT2D eigenvalue weighted by atomic mass is 9.95. The number of hydrogen-bond acceptors (Lipinski definition) is 5. The number of aryl methyl sites for hydroxylation is 1. The second-order valence-electron chi connectivity index (χ2n) is 6.75. The van der Waals surface area contributed by atoms with Gasteiger partial charge in [0.25, 0.3) is 11.7 Å². The Kier molecular flexibility index (Phi) is 6.84. The Morgan fingerprint density at radius 2 is 1.72 bits per heavy atom. The molecule has 1 heterocycles. The first kappa shape index (κ1) is 21.2. The van der Waals surface area contributed by atoms with E-state index in [1.54, 1.807) is 24.3 Å². The number of aliphatic hydroxyl groups excluding tert-OH is 2. The molecule has 2 aromatic rings. The highest BCUT2D eigenvalue weighted by molar-refractivity contribution is 9.10. The zero-order valence-corrected chi connectivity index (χ0v) is 17.6. The molecule has 1 aliphatic heterocycles. The molecule has 1 aliphatic rings. The Morgan fingerprint density at radius 1 is 1.07 bits per heavy atom. The number of ether oxygens (including phenoxy) is 1. The van der Waals surface area contributed by atoms with Gasteiger partial charge in [0, 0.05) is 16.6 Å². The van der Waals surface area contributed by atoms with Crippen LogP contribution in [0.1, 0.15) is 22.7 Å². The minimum atomic E-state index is -0.724. The normalized spacial score (nSPS) is 18.4. The van der Waals surface area contributed by atoms with Gasteiger partial charge in [0.1, 0.15) is 5.76 Å². The zero-order chi connectivity index (χ0) is 21.0. The third-order valence-corrected chi connectivity index (χ3v) is 5.29. The summed E-state index contributed by atoms with van der Waals surface area (Å²) in [5, 5.41) is 19.8. The van der Waals surface area contributed by atoms with Crippen LogP contribution in [0.15, 0.2) is 58.6 Å². The Bertz CT molecular complexity index is 921. The van der Waals surface area contributed by atoms with Crippen molar-refractivity contribution < 1.29 is 24.5 Å². The summed E-state index contributed by atoms with van der Waals surface area (Å²) < 4.78 is 6.12. The standard InChI is InChI=1S/C22H22BrNO5/c1-14-2-4-15(5-3-14)19-18(20(26)16-6-8-17(23)9-7-16)21(27)22(28)24(19)10-12-29-13-11-25/h2-9,19,25-26H,10-13H2,1H3. The van der Waals surface area contributed by atoms with Gasteiger partial charge in [0.2, 0.25) is 0 Å². The summed E-state index contributed by atoms with van der Waals surface area (Å²) in [5.74, 6) is -1.61. The Morgan fingerprint density at radius 3 is 2.34 bits per heavy atom. The molecule has 2 N–H and O–H groups in total. The van der Waals surface area contributed by atoms with Gasteiger partial charge in [0.05, 0.1) is 31.4 Å². The van der Waals surface area contributed by atoms with E-state index in [-0.39, 0.29) is 37.7 Å². The van der Waals surface area contributed by atoms with Gasteiger partial charge in [-0.2, -0.15) is 0 Å². The van der Waals surface area contributed by atoms with Crippen molar-refractivity contribution in [3.63, 3.8) is 0 Å². The van der Waals surface area contributed by atoms with Gasteiger partial charge in [0.15, 0.2) is 0 Å². The molecular weight excluding hydrogens is 438 g/mol. The average Bonchev–Trinajstić information content (AvgIpc) is 2.96. The fraction of sp³-hybridized carbons (Fsp3) is 0.273. The van der Waals surface area contributed by atoms with Crippen LogP contribution in [0.4, 0.5) is 0 Å². The maximum Gasteiger partial charge on any atom is 0.295 e. The molecule has 0 aliphatic carbocycles.